The molecular formula is C27H34N2O5. The molecule has 5 rings (SSSR count). The van der Waals surface area contributed by atoms with Crippen LogP contribution in [0.15, 0.2) is 16.8 Å². The monoisotopic (exact) mass is 466 g/mol. The van der Waals surface area contributed by atoms with E-state index in [0.717, 1.165) is 50.7 Å². The molecule has 3 saturated carbocycles. The average molecular weight is 467 g/mol. The summed E-state index contributed by atoms with van der Waals surface area (Å²) in [6.07, 6.45) is 15.6. The minimum Gasteiger partial charge on any atom is -0.385 e. The number of carbonyl (C=O) groups excluding carboxylic acids is 3. The topological polar surface area (TPSA) is 96.3 Å². The lowest BCUT2D eigenvalue weighted by Gasteiger charge is -2.58. The molecule has 0 bridgehead atoms. The van der Waals surface area contributed by atoms with E-state index >= 15 is 0 Å². The predicted molar refractivity (Wildman–Crippen MR) is 125 cm³/mol. The average Bonchev–Trinajstić information content (AvgIpc) is 3.29. The summed E-state index contributed by atoms with van der Waals surface area (Å²) in [7, 11) is 0. The number of oxime groups is 1. The van der Waals surface area contributed by atoms with Gasteiger partial charge in [0.2, 0.25) is 11.8 Å². The first kappa shape index (κ1) is 23.3. The maximum Gasteiger partial charge on any atom is 0.276 e. The molecule has 7 heteroatoms. The molecule has 3 amide bonds. The lowest BCUT2D eigenvalue weighted by molar-refractivity contribution is -0.151. The van der Waals surface area contributed by atoms with Crippen molar-refractivity contribution in [3.8, 4) is 12.3 Å². The number of hydrogen-bond acceptors (Lipinski definition) is 6. The van der Waals surface area contributed by atoms with E-state index in [0.29, 0.717) is 29.1 Å². The Kier molecular flexibility index (Phi) is 5.51. The van der Waals surface area contributed by atoms with E-state index in [9.17, 15) is 19.5 Å². The molecule has 182 valence electrons. The Morgan fingerprint density at radius 3 is 2.53 bits per heavy atom. The van der Waals surface area contributed by atoms with Gasteiger partial charge in [0.15, 0.2) is 6.61 Å². The van der Waals surface area contributed by atoms with Crippen LogP contribution in [0.3, 0.4) is 0 Å². The molecule has 7 nitrogen and oxygen atoms in total. The molecule has 6 unspecified atom stereocenters. The second-order valence-electron chi connectivity index (χ2n) is 11.4. The molecular weight excluding hydrogens is 432 g/mol. The van der Waals surface area contributed by atoms with Crippen molar-refractivity contribution < 1.29 is 24.3 Å². The summed E-state index contributed by atoms with van der Waals surface area (Å²) in [5, 5.41) is 15.3. The smallest absolute Gasteiger partial charge is 0.276 e. The molecule has 4 aliphatic carbocycles. The predicted octanol–water partition coefficient (Wildman–Crippen LogP) is 3.36. The first-order chi connectivity index (χ1) is 16.1. The Labute approximate surface area is 201 Å². The fraction of sp³-hybridized carbons (Fsp3) is 0.704. The minimum atomic E-state index is -0.981. The van der Waals surface area contributed by atoms with Crippen molar-refractivity contribution in [3.63, 3.8) is 0 Å². The lowest BCUT2D eigenvalue weighted by Crippen LogP contribution is -2.54. The first-order valence-electron chi connectivity index (χ1n) is 12.6. The van der Waals surface area contributed by atoms with Gasteiger partial charge in [0.25, 0.3) is 5.91 Å². The third kappa shape index (κ3) is 3.29. The SMILES string of the molecule is C#CC1(O)CCC2C3CCC4=CC(=NOCC(=O)N5C(=O)CCC5=O)CCC4(C)C3CCC21C. The third-order valence-corrected chi connectivity index (χ3v) is 10.0. The third-order valence-electron chi connectivity index (χ3n) is 10.0. The Morgan fingerprint density at radius 1 is 1.12 bits per heavy atom. The zero-order valence-electron chi connectivity index (χ0n) is 20.1. The number of terminal acetylenes is 1. The highest BCUT2D eigenvalue weighted by atomic mass is 16.6. The van der Waals surface area contributed by atoms with E-state index in [4.69, 9.17) is 11.3 Å². The summed E-state index contributed by atoms with van der Waals surface area (Å²) >= 11 is 0. The minimum absolute atomic E-state index is 0.0773. The van der Waals surface area contributed by atoms with Gasteiger partial charge in [-0.1, -0.05) is 30.5 Å². The number of imide groups is 3. The summed E-state index contributed by atoms with van der Waals surface area (Å²) in [5.41, 5.74) is 1.13. The molecule has 0 aromatic heterocycles. The highest BCUT2D eigenvalue weighted by Crippen LogP contribution is 2.67. The van der Waals surface area contributed by atoms with E-state index in [-0.39, 0.29) is 23.7 Å². The fourth-order valence-electron chi connectivity index (χ4n) is 7.99. The Bertz CT molecular complexity index is 1020. The van der Waals surface area contributed by atoms with Crippen molar-refractivity contribution in [2.75, 3.05) is 6.61 Å². The second kappa shape index (κ2) is 8.05. The van der Waals surface area contributed by atoms with Crippen molar-refractivity contribution in [1.82, 2.24) is 4.90 Å². The molecule has 34 heavy (non-hydrogen) atoms. The fourth-order valence-corrected chi connectivity index (χ4v) is 7.99. The van der Waals surface area contributed by atoms with Crippen molar-refractivity contribution in [2.45, 2.75) is 83.7 Å². The Balaban J connectivity index is 1.28. The molecule has 0 radical (unpaired) electrons. The maximum atomic E-state index is 12.2. The van der Waals surface area contributed by atoms with Crippen LogP contribution in [0.5, 0.6) is 0 Å². The van der Waals surface area contributed by atoms with E-state index < -0.39 is 29.9 Å². The number of carbonyl (C=O) groups is 3. The number of aliphatic hydroxyl groups is 1. The summed E-state index contributed by atoms with van der Waals surface area (Å²) < 4.78 is 0. The number of hydrogen-bond donors (Lipinski definition) is 1. The molecule has 4 fully saturated rings. The van der Waals surface area contributed by atoms with Crippen LogP contribution >= 0.6 is 0 Å². The summed E-state index contributed by atoms with van der Waals surface area (Å²) in [6.45, 7) is 4.18. The van der Waals surface area contributed by atoms with Crippen LogP contribution in [0, 0.1) is 40.9 Å². The number of amides is 3. The van der Waals surface area contributed by atoms with Gasteiger partial charge in [0, 0.05) is 18.3 Å². The number of nitrogens with zero attached hydrogens (tertiary/aromatic N) is 2. The highest BCUT2D eigenvalue weighted by molar-refractivity contribution is 6.15. The molecule has 1 heterocycles. The molecule has 1 aliphatic heterocycles. The van der Waals surface area contributed by atoms with Crippen molar-refractivity contribution >= 4 is 23.4 Å². The number of likely N-dealkylation sites (tertiary alicyclic amines) is 1. The zero-order chi connectivity index (χ0) is 24.3. The molecule has 0 aromatic rings. The van der Waals surface area contributed by atoms with E-state index in [1.165, 1.54) is 5.57 Å². The summed E-state index contributed by atoms with van der Waals surface area (Å²) in [6, 6.07) is 0. The van der Waals surface area contributed by atoms with Gasteiger partial charge < -0.3 is 9.94 Å². The van der Waals surface area contributed by atoms with Crippen LogP contribution in [0.4, 0.5) is 0 Å². The highest BCUT2D eigenvalue weighted by Gasteiger charge is 2.63. The normalized spacial score (nSPS) is 42.5. The van der Waals surface area contributed by atoms with Crippen LogP contribution in [0.25, 0.3) is 0 Å². The van der Waals surface area contributed by atoms with Crippen LogP contribution in [0.1, 0.15) is 78.1 Å². The molecule has 0 aromatic carbocycles. The number of allylic oxidation sites excluding steroid dienone is 2. The van der Waals surface area contributed by atoms with E-state index in [1.54, 1.807) is 0 Å². The molecule has 1 N–H and O–H groups in total. The molecule has 6 atom stereocenters. The van der Waals surface area contributed by atoms with Crippen LogP contribution in [-0.2, 0) is 19.2 Å². The second-order valence-corrected chi connectivity index (χ2v) is 11.4. The van der Waals surface area contributed by atoms with Gasteiger partial charge in [0.05, 0.1) is 5.71 Å². The van der Waals surface area contributed by atoms with Gasteiger partial charge in [-0.3, -0.25) is 14.4 Å². The van der Waals surface area contributed by atoms with E-state index in [1.807, 2.05) is 0 Å². The quantitative estimate of drug-likeness (QED) is 0.391. The lowest BCUT2D eigenvalue weighted by atomic mass is 9.46. The van der Waals surface area contributed by atoms with Gasteiger partial charge in [-0.05, 0) is 80.6 Å². The van der Waals surface area contributed by atoms with Gasteiger partial charge in [-0.25, -0.2) is 4.90 Å². The van der Waals surface area contributed by atoms with Crippen LogP contribution in [-0.4, -0.2) is 45.6 Å². The Morgan fingerprint density at radius 2 is 1.82 bits per heavy atom. The van der Waals surface area contributed by atoms with Crippen molar-refractivity contribution in [2.24, 2.45) is 33.7 Å². The molecule has 0 spiro atoms. The summed E-state index contributed by atoms with van der Waals surface area (Å²) in [5.74, 6) is 2.77. The van der Waals surface area contributed by atoms with Gasteiger partial charge in [-0.15, -0.1) is 6.42 Å². The first-order valence-corrected chi connectivity index (χ1v) is 12.6. The van der Waals surface area contributed by atoms with Gasteiger partial charge >= 0.3 is 0 Å². The standard InChI is InChI=1S/C27H34N2O5/c1-4-27(33)14-11-21-19-6-5-17-15-18(9-12-25(17,2)20(19)10-13-26(21,27)3)28-34-16-24(32)29-22(30)7-8-23(29)31/h1,15,19-21,33H,5-14,16H2,2-3H3. The van der Waals surface area contributed by atoms with Crippen molar-refractivity contribution in [3.05, 3.63) is 11.6 Å². The molecule has 5 aliphatic rings. The van der Waals surface area contributed by atoms with E-state index in [2.05, 4.69) is 31.0 Å². The maximum absolute atomic E-state index is 12.2. The largest absolute Gasteiger partial charge is 0.385 e. The molecule has 1 saturated heterocycles. The van der Waals surface area contributed by atoms with Gasteiger partial charge in [-0.2, -0.15) is 0 Å². The van der Waals surface area contributed by atoms with Crippen LogP contribution in [0.2, 0.25) is 0 Å². The van der Waals surface area contributed by atoms with Crippen LogP contribution < -0.4 is 0 Å². The van der Waals surface area contributed by atoms with Gasteiger partial charge in [0.1, 0.15) is 5.60 Å². The Hall–Kier alpha value is -2.46. The number of fused-ring (bicyclic) bond motifs is 5. The van der Waals surface area contributed by atoms with Crippen molar-refractivity contribution in [1.29, 1.82) is 0 Å². The summed E-state index contributed by atoms with van der Waals surface area (Å²) in [4.78, 5) is 41.5. The number of rotatable bonds is 3. The zero-order valence-corrected chi connectivity index (χ0v) is 20.1.